The fraction of sp³-hybridized carbons (Fsp3) is 0.500. The van der Waals surface area contributed by atoms with E-state index in [4.69, 9.17) is 0 Å². The molecule has 1 saturated carbocycles. The van der Waals surface area contributed by atoms with Crippen LogP contribution in [-0.4, -0.2) is 51.4 Å². The highest BCUT2D eigenvalue weighted by molar-refractivity contribution is 5.89. The van der Waals surface area contributed by atoms with Crippen LogP contribution in [-0.2, 0) is 0 Å². The van der Waals surface area contributed by atoms with Crippen LogP contribution in [0.15, 0.2) is 36.9 Å². The van der Waals surface area contributed by atoms with Gasteiger partial charge in [0.2, 0.25) is 0 Å². The molecular weight excluding hydrogens is 316 g/mol. The first-order chi connectivity index (χ1) is 12.2. The Morgan fingerprint density at radius 2 is 2.04 bits per heavy atom. The van der Waals surface area contributed by atoms with Crippen LogP contribution < -0.4 is 10.2 Å². The summed E-state index contributed by atoms with van der Waals surface area (Å²) in [6.45, 7) is 4.43. The van der Waals surface area contributed by atoms with Gasteiger partial charge in [-0.2, -0.15) is 5.10 Å². The van der Waals surface area contributed by atoms with Crippen molar-refractivity contribution in [1.82, 2.24) is 19.7 Å². The number of nitrogens with zero attached hydrogens (tertiary/aromatic N) is 5. The number of pyridine rings is 1. The molecule has 2 amide bonds. The third kappa shape index (κ3) is 3.31. The number of nitrogens with one attached hydrogen (secondary N) is 1. The van der Waals surface area contributed by atoms with Crippen LogP contribution in [0.5, 0.6) is 0 Å². The lowest BCUT2D eigenvalue weighted by Gasteiger charge is -2.40. The van der Waals surface area contributed by atoms with Gasteiger partial charge in [0.15, 0.2) is 0 Å². The maximum atomic E-state index is 12.6. The van der Waals surface area contributed by atoms with E-state index in [2.05, 4.69) is 27.2 Å². The first-order valence-corrected chi connectivity index (χ1v) is 8.97. The molecule has 0 radical (unpaired) electrons. The number of hydrogen-bond donors (Lipinski definition) is 1. The highest BCUT2D eigenvalue weighted by Crippen LogP contribution is 2.31. The van der Waals surface area contributed by atoms with E-state index in [-0.39, 0.29) is 12.1 Å². The lowest BCUT2D eigenvalue weighted by Crippen LogP contribution is -2.55. The predicted molar refractivity (Wildman–Crippen MR) is 96.8 cm³/mol. The summed E-state index contributed by atoms with van der Waals surface area (Å²) in [7, 11) is 0. The summed E-state index contributed by atoms with van der Waals surface area (Å²) in [5.41, 5.74) is 1.93. The van der Waals surface area contributed by atoms with Gasteiger partial charge in [-0.05, 0) is 38.3 Å². The van der Waals surface area contributed by atoms with E-state index in [9.17, 15) is 4.79 Å². The molecule has 25 heavy (non-hydrogen) atoms. The van der Waals surface area contributed by atoms with Crippen LogP contribution in [0.1, 0.15) is 32.2 Å². The van der Waals surface area contributed by atoms with E-state index >= 15 is 0 Å². The van der Waals surface area contributed by atoms with Gasteiger partial charge in [-0.1, -0.05) is 0 Å². The number of anilines is 2. The van der Waals surface area contributed by atoms with Gasteiger partial charge >= 0.3 is 6.03 Å². The van der Waals surface area contributed by atoms with Crippen molar-refractivity contribution in [2.75, 3.05) is 29.9 Å². The van der Waals surface area contributed by atoms with Crippen LogP contribution in [0.2, 0.25) is 0 Å². The van der Waals surface area contributed by atoms with Crippen molar-refractivity contribution in [2.24, 2.45) is 0 Å². The topological polar surface area (TPSA) is 66.3 Å². The monoisotopic (exact) mass is 340 g/mol. The largest absolute Gasteiger partial charge is 0.368 e. The normalized spacial score (nSPS) is 21.1. The number of carbonyl (C=O) groups excluding carboxylic acids is 1. The quantitative estimate of drug-likeness (QED) is 0.933. The number of rotatable bonds is 3. The summed E-state index contributed by atoms with van der Waals surface area (Å²) >= 11 is 0. The first kappa shape index (κ1) is 15.9. The lowest BCUT2D eigenvalue weighted by molar-refractivity contribution is 0.185. The molecule has 1 N–H and O–H groups in total. The molecule has 1 atom stereocenters. The van der Waals surface area contributed by atoms with Crippen molar-refractivity contribution in [2.45, 2.75) is 38.3 Å². The van der Waals surface area contributed by atoms with Crippen LogP contribution >= 0.6 is 0 Å². The minimum Gasteiger partial charge on any atom is -0.368 e. The minimum atomic E-state index is -0.0463. The molecule has 2 fully saturated rings. The molecule has 0 aromatic carbocycles. The second-order valence-electron chi connectivity index (χ2n) is 6.92. The molecule has 1 aliphatic heterocycles. The maximum Gasteiger partial charge on any atom is 0.322 e. The number of urea groups is 1. The summed E-state index contributed by atoms with van der Waals surface area (Å²) in [4.78, 5) is 20.9. The van der Waals surface area contributed by atoms with Gasteiger partial charge in [0.05, 0.1) is 17.9 Å². The van der Waals surface area contributed by atoms with Gasteiger partial charge in [0, 0.05) is 50.0 Å². The average Bonchev–Trinajstić information content (AvgIpc) is 3.01. The molecule has 1 saturated heterocycles. The van der Waals surface area contributed by atoms with E-state index in [1.54, 1.807) is 18.6 Å². The molecule has 1 unspecified atom stereocenters. The van der Waals surface area contributed by atoms with Crippen molar-refractivity contribution >= 4 is 17.4 Å². The van der Waals surface area contributed by atoms with E-state index in [1.807, 2.05) is 27.9 Å². The third-order valence-electron chi connectivity index (χ3n) is 5.22. The summed E-state index contributed by atoms with van der Waals surface area (Å²) in [5, 5.41) is 7.37. The molecule has 132 valence electrons. The number of hydrogen-bond acceptors (Lipinski definition) is 4. The second kappa shape index (κ2) is 6.74. The lowest BCUT2D eigenvalue weighted by atomic mass is 9.93. The highest BCUT2D eigenvalue weighted by atomic mass is 16.2. The smallest absolute Gasteiger partial charge is 0.322 e. The molecule has 7 nitrogen and oxygen atoms in total. The number of aromatic nitrogens is 3. The van der Waals surface area contributed by atoms with E-state index in [1.165, 1.54) is 19.3 Å². The Labute approximate surface area is 147 Å². The Balaban J connectivity index is 1.35. The number of carbonyl (C=O) groups is 1. The molecular formula is C18H24N6O. The van der Waals surface area contributed by atoms with Crippen molar-refractivity contribution < 1.29 is 4.79 Å². The fourth-order valence-corrected chi connectivity index (χ4v) is 3.50. The molecule has 3 heterocycles. The zero-order valence-electron chi connectivity index (χ0n) is 14.5. The summed E-state index contributed by atoms with van der Waals surface area (Å²) < 4.78 is 1.98. The molecule has 0 spiro atoms. The zero-order valence-corrected chi connectivity index (χ0v) is 14.5. The maximum absolute atomic E-state index is 12.6. The Morgan fingerprint density at radius 1 is 1.24 bits per heavy atom. The van der Waals surface area contributed by atoms with Crippen LogP contribution in [0.3, 0.4) is 0 Å². The highest BCUT2D eigenvalue weighted by Gasteiger charge is 2.28. The Bertz CT molecular complexity index is 726. The molecule has 1 aliphatic carbocycles. The molecule has 7 heteroatoms. The van der Waals surface area contributed by atoms with Gasteiger partial charge in [0.25, 0.3) is 0 Å². The Hall–Kier alpha value is -2.57. The molecule has 2 aliphatic rings. The van der Waals surface area contributed by atoms with E-state index in [0.29, 0.717) is 12.6 Å². The van der Waals surface area contributed by atoms with E-state index in [0.717, 1.165) is 24.5 Å². The third-order valence-corrected chi connectivity index (χ3v) is 5.22. The second-order valence-corrected chi connectivity index (χ2v) is 6.92. The SMILES string of the molecule is CC1CN(c2ccncc2)CCN1C(=O)Nc1cnn(C2CCC2)c1. The summed E-state index contributed by atoms with van der Waals surface area (Å²) in [6.07, 6.45) is 10.9. The van der Waals surface area contributed by atoms with Gasteiger partial charge in [0.1, 0.15) is 0 Å². The van der Waals surface area contributed by atoms with Gasteiger partial charge in [-0.15, -0.1) is 0 Å². The van der Waals surface area contributed by atoms with Crippen molar-refractivity contribution in [1.29, 1.82) is 0 Å². The molecule has 4 rings (SSSR count). The standard InChI is InChI=1S/C18H24N6O/c1-14-12-22(16-5-7-19-8-6-16)9-10-23(14)18(25)21-15-11-20-24(13-15)17-3-2-4-17/h5-8,11,13-14,17H,2-4,9-10,12H2,1H3,(H,21,25). The fourth-order valence-electron chi connectivity index (χ4n) is 3.50. The Kier molecular flexibility index (Phi) is 4.29. The van der Waals surface area contributed by atoms with Crippen molar-refractivity contribution in [3.63, 3.8) is 0 Å². The molecule has 0 bridgehead atoms. The molecule has 2 aromatic heterocycles. The van der Waals surface area contributed by atoms with Gasteiger partial charge in [-0.25, -0.2) is 4.79 Å². The zero-order chi connectivity index (χ0) is 17.2. The number of amides is 2. The van der Waals surface area contributed by atoms with E-state index < -0.39 is 0 Å². The first-order valence-electron chi connectivity index (χ1n) is 8.97. The van der Waals surface area contributed by atoms with Gasteiger partial charge < -0.3 is 15.1 Å². The van der Waals surface area contributed by atoms with Crippen LogP contribution in [0, 0.1) is 0 Å². The minimum absolute atomic E-state index is 0.0463. The van der Waals surface area contributed by atoms with Crippen molar-refractivity contribution in [3.8, 4) is 0 Å². The van der Waals surface area contributed by atoms with Crippen molar-refractivity contribution in [3.05, 3.63) is 36.9 Å². The summed E-state index contributed by atoms with van der Waals surface area (Å²) in [6, 6.07) is 4.63. The van der Waals surface area contributed by atoms with Crippen LogP contribution in [0.25, 0.3) is 0 Å². The number of piperazine rings is 1. The predicted octanol–water partition coefficient (Wildman–Crippen LogP) is 2.75. The Morgan fingerprint density at radius 3 is 2.72 bits per heavy atom. The molecule has 2 aromatic rings. The summed E-state index contributed by atoms with van der Waals surface area (Å²) in [5.74, 6) is 0. The van der Waals surface area contributed by atoms with Gasteiger partial charge in [-0.3, -0.25) is 9.67 Å². The average molecular weight is 340 g/mol. The van der Waals surface area contributed by atoms with Crippen LogP contribution in [0.4, 0.5) is 16.2 Å².